The van der Waals surface area contributed by atoms with Gasteiger partial charge in [0.05, 0.1) is 19.7 Å². The first kappa shape index (κ1) is 25.5. The Morgan fingerprint density at radius 3 is 1.59 bits per heavy atom. The van der Waals surface area contributed by atoms with E-state index in [0.717, 1.165) is 36.4 Å². The molecule has 0 saturated heterocycles. The highest BCUT2D eigenvalue weighted by molar-refractivity contribution is 5.90. The smallest absolute Gasteiger partial charge is 0.369 e. The van der Waals surface area contributed by atoms with Gasteiger partial charge >= 0.3 is 28.7 Å². The van der Waals surface area contributed by atoms with Crippen molar-refractivity contribution in [3.8, 4) is 0 Å². The number of unbranched alkanes of at least 4 members (excludes halogenated alkanes) is 1. The van der Waals surface area contributed by atoms with Gasteiger partial charge in [-0.2, -0.15) is 0 Å². The number of rotatable bonds is 12. The van der Waals surface area contributed by atoms with Gasteiger partial charge in [0.25, 0.3) is 0 Å². The first-order valence-corrected chi connectivity index (χ1v) is 9.58. The van der Waals surface area contributed by atoms with Crippen molar-refractivity contribution in [2.24, 2.45) is 5.73 Å². The number of para-hydroxylation sites is 2. The van der Waals surface area contributed by atoms with Gasteiger partial charge in [-0.05, 0) is 37.9 Å². The summed E-state index contributed by atoms with van der Waals surface area (Å²) in [7, 11) is 0. The number of nitrogens with two attached hydrogens (primary N) is 1. The highest BCUT2D eigenvalue weighted by atomic mass is 16.6. The molecule has 0 aliphatic heterocycles. The van der Waals surface area contributed by atoms with E-state index in [0.29, 0.717) is 11.3 Å². The third-order valence-corrected chi connectivity index (χ3v) is 4.79. The fraction of sp³-hybridized carbons (Fsp3) is 0.278. The van der Waals surface area contributed by atoms with E-state index >= 15 is 0 Å². The number of anilines is 2. The summed E-state index contributed by atoms with van der Waals surface area (Å²) in [5.74, 6) is -1.57. The number of hydrogen-bond donors (Lipinski definition) is 2. The Morgan fingerprint density at radius 1 is 0.824 bits per heavy atom. The summed E-state index contributed by atoms with van der Waals surface area (Å²) in [5, 5.41) is 56.3. The lowest BCUT2D eigenvalue weighted by atomic mass is 10.0. The maximum Gasteiger partial charge on any atom is 0.369 e. The Bertz CT molecular complexity index is 1080. The standard InChI is InChI=1S/C18H18N6O10/c19-10-2-1-5-15(18(25)26)20(11-6-3-8-13(21(27)28)16(11)23(31)32)12-7-4-9-14(22(29)30)17(12)24(33)34/h3-4,6-9,15H,1-2,5,10,19H2,(H,25,26)/t15-/m0/s1. The van der Waals surface area contributed by atoms with Crippen LogP contribution in [0.5, 0.6) is 0 Å². The van der Waals surface area contributed by atoms with Crippen LogP contribution >= 0.6 is 0 Å². The predicted octanol–water partition coefficient (Wildman–Crippen LogP) is 3.04. The molecule has 0 heterocycles. The molecular formula is C18H18N6O10. The Labute approximate surface area is 189 Å². The van der Waals surface area contributed by atoms with E-state index in [1.807, 2.05) is 0 Å². The maximum absolute atomic E-state index is 12.2. The number of nitro benzene ring substituents is 4. The van der Waals surface area contributed by atoms with E-state index in [9.17, 15) is 50.4 Å². The lowest BCUT2D eigenvalue weighted by Crippen LogP contribution is -2.39. The van der Waals surface area contributed by atoms with Crippen LogP contribution in [0.25, 0.3) is 0 Å². The van der Waals surface area contributed by atoms with E-state index < -0.39 is 65.8 Å². The Kier molecular flexibility index (Phi) is 8.05. The molecule has 0 aliphatic rings. The second-order valence-corrected chi connectivity index (χ2v) is 6.83. The van der Waals surface area contributed by atoms with E-state index in [2.05, 4.69) is 0 Å². The Balaban J connectivity index is 2.99. The van der Waals surface area contributed by atoms with Gasteiger partial charge in [0, 0.05) is 12.1 Å². The van der Waals surface area contributed by atoms with Crippen LogP contribution in [0.2, 0.25) is 0 Å². The molecule has 16 heteroatoms. The second kappa shape index (κ2) is 10.7. The summed E-state index contributed by atoms with van der Waals surface area (Å²) < 4.78 is 0. The summed E-state index contributed by atoms with van der Waals surface area (Å²) in [6.07, 6.45) is 0.285. The van der Waals surface area contributed by atoms with E-state index in [4.69, 9.17) is 5.73 Å². The maximum atomic E-state index is 12.2. The van der Waals surface area contributed by atoms with Crippen molar-refractivity contribution in [3.63, 3.8) is 0 Å². The van der Waals surface area contributed by atoms with Gasteiger partial charge in [0.15, 0.2) is 0 Å². The van der Waals surface area contributed by atoms with Gasteiger partial charge in [-0.15, -0.1) is 0 Å². The summed E-state index contributed by atoms with van der Waals surface area (Å²) in [6, 6.07) is 3.94. The molecule has 2 aromatic rings. The molecule has 0 aliphatic carbocycles. The zero-order chi connectivity index (χ0) is 25.6. The summed E-state index contributed by atoms with van der Waals surface area (Å²) in [5.41, 5.74) is -0.107. The molecule has 0 radical (unpaired) electrons. The number of carboxylic acid groups (broad SMARTS) is 1. The molecule has 0 bridgehead atoms. The highest BCUT2D eigenvalue weighted by Gasteiger charge is 2.41. The average Bonchev–Trinajstić information content (AvgIpc) is 2.77. The van der Waals surface area contributed by atoms with E-state index in [1.165, 1.54) is 0 Å². The quantitative estimate of drug-likeness (QED) is 0.254. The van der Waals surface area contributed by atoms with Gasteiger partial charge in [0.1, 0.15) is 17.4 Å². The molecule has 34 heavy (non-hydrogen) atoms. The topological polar surface area (TPSA) is 239 Å². The van der Waals surface area contributed by atoms with Crippen LogP contribution < -0.4 is 10.6 Å². The number of nitrogens with zero attached hydrogens (tertiary/aromatic N) is 5. The fourth-order valence-corrected chi connectivity index (χ4v) is 3.41. The van der Waals surface area contributed by atoms with Crippen molar-refractivity contribution in [1.29, 1.82) is 0 Å². The SMILES string of the molecule is NCCCC[C@@H](C(=O)O)N(c1cccc([N+](=O)[O-])c1[N+](=O)[O-])c1cccc([N+](=O)[O-])c1[N+](=O)[O-]. The second-order valence-electron chi connectivity index (χ2n) is 6.83. The van der Waals surface area contributed by atoms with E-state index in [-0.39, 0.29) is 19.4 Å². The molecule has 180 valence electrons. The number of carbonyl (C=O) groups is 1. The monoisotopic (exact) mass is 478 g/mol. The largest absolute Gasteiger partial charge is 0.480 e. The van der Waals surface area contributed by atoms with Gasteiger partial charge in [-0.3, -0.25) is 40.5 Å². The Hall–Kier alpha value is -4.73. The molecule has 0 unspecified atom stereocenters. The molecule has 0 fully saturated rings. The summed E-state index contributed by atoms with van der Waals surface area (Å²) >= 11 is 0. The van der Waals surface area contributed by atoms with Gasteiger partial charge in [-0.1, -0.05) is 12.1 Å². The molecule has 2 aromatic carbocycles. The van der Waals surface area contributed by atoms with Crippen LogP contribution in [-0.2, 0) is 4.79 Å². The van der Waals surface area contributed by atoms with Gasteiger partial charge in [-0.25, -0.2) is 4.79 Å². The Morgan fingerprint density at radius 2 is 1.26 bits per heavy atom. The first-order chi connectivity index (χ1) is 16.0. The zero-order valence-corrected chi connectivity index (χ0v) is 17.3. The molecule has 2 rings (SSSR count). The van der Waals surface area contributed by atoms with Crippen LogP contribution in [0.15, 0.2) is 36.4 Å². The van der Waals surface area contributed by atoms with Crippen molar-refractivity contribution in [2.75, 3.05) is 11.4 Å². The number of benzene rings is 2. The highest BCUT2D eigenvalue weighted by Crippen LogP contribution is 2.46. The lowest BCUT2D eigenvalue weighted by molar-refractivity contribution is -0.422. The molecular weight excluding hydrogens is 460 g/mol. The van der Waals surface area contributed by atoms with Gasteiger partial charge < -0.3 is 15.7 Å². The number of hydrogen-bond acceptors (Lipinski definition) is 11. The molecule has 1 atom stereocenters. The van der Waals surface area contributed by atoms with Crippen LogP contribution in [0.3, 0.4) is 0 Å². The molecule has 0 saturated carbocycles. The molecule has 0 aromatic heterocycles. The minimum atomic E-state index is -1.71. The third kappa shape index (κ3) is 5.18. The molecule has 0 spiro atoms. The van der Waals surface area contributed by atoms with E-state index in [1.54, 1.807) is 0 Å². The van der Waals surface area contributed by atoms with Crippen LogP contribution in [0, 0.1) is 40.5 Å². The number of aliphatic carboxylic acids is 1. The van der Waals surface area contributed by atoms with Crippen molar-refractivity contribution >= 4 is 40.1 Å². The van der Waals surface area contributed by atoms with Crippen LogP contribution in [0.4, 0.5) is 34.1 Å². The fourth-order valence-electron chi connectivity index (χ4n) is 3.41. The predicted molar refractivity (Wildman–Crippen MR) is 116 cm³/mol. The molecule has 16 nitrogen and oxygen atoms in total. The van der Waals surface area contributed by atoms with Crippen LogP contribution in [0.1, 0.15) is 19.3 Å². The zero-order valence-electron chi connectivity index (χ0n) is 17.3. The minimum Gasteiger partial charge on any atom is -0.480 e. The number of nitro groups is 4. The van der Waals surface area contributed by atoms with Crippen molar-refractivity contribution in [1.82, 2.24) is 0 Å². The molecule has 3 N–H and O–H groups in total. The summed E-state index contributed by atoms with van der Waals surface area (Å²) in [4.78, 5) is 54.9. The van der Waals surface area contributed by atoms with Crippen molar-refractivity contribution in [2.45, 2.75) is 25.3 Å². The normalized spacial score (nSPS) is 11.4. The first-order valence-electron chi connectivity index (χ1n) is 9.58. The van der Waals surface area contributed by atoms with Crippen molar-refractivity contribution in [3.05, 3.63) is 76.9 Å². The summed E-state index contributed by atoms with van der Waals surface area (Å²) in [6.45, 7) is 0.181. The molecule has 0 amide bonds. The van der Waals surface area contributed by atoms with Gasteiger partial charge in [0.2, 0.25) is 0 Å². The van der Waals surface area contributed by atoms with Crippen LogP contribution in [-0.4, -0.2) is 43.4 Å². The minimum absolute atomic E-state index is 0.176. The number of carboxylic acids is 1. The third-order valence-electron chi connectivity index (χ3n) is 4.79. The lowest BCUT2D eigenvalue weighted by Gasteiger charge is -2.30. The van der Waals surface area contributed by atoms with Crippen molar-refractivity contribution < 1.29 is 29.6 Å². The average molecular weight is 478 g/mol.